The second kappa shape index (κ2) is 6.50. The maximum atomic E-state index is 12.5. The molecule has 2 heterocycles. The minimum Gasteiger partial charge on any atom is -0.343 e. The van der Waals surface area contributed by atoms with Gasteiger partial charge in [-0.15, -0.1) is 0 Å². The molecule has 1 fully saturated rings. The Kier molecular flexibility index (Phi) is 4.43. The van der Waals surface area contributed by atoms with E-state index in [9.17, 15) is 13.2 Å². The zero-order valence-electron chi connectivity index (χ0n) is 12.6. The molecule has 2 unspecified atom stereocenters. The van der Waals surface area contributed by atoms with Gasteiger partial charge in [-0.25, -0.2) is 8.42 Å². The first kappa shape index (κ1) is 15.7. The second-order valence-corrected chi connectivity index (χ2v) is 7.94. The van der Waals surface area contributed by atoms with Crippen LogP contribution in [-0.2, 0) is 14.6 Å². The quantitative estimate of drug-likeness (QED) is 0.926. The Hall–Kier alpha value is -2.21. The average Bonchev–Trinajstić information content (AvgIpc) is 2.94. The van der Waals surface area contributed by atoms with Crippen molar-refractivity contribution >= 4 is 15.7 Å². The van der Waals surface area contributed by atoms with E-state index in [-0.39, 0.29) is 23.5 Å². The number of amides is 1. The molecule has 2 aromatic rings. The molecule has 1 amide bonds. The number of benzene rings is 1. The Bertz CT molecular complexity index is 737. The van der Waals surface area contributed by atoms with Crippen LogP contribution in [0.3, 0.4) is 0 Å². The van der Waals surface area contributed by atoms with Crippen molar-refractivity contribution in [3.05, 3.63) is 66.0 Å². The molecule has 23 heavy (non-hydrogen) atoms. The lowest BCUT2D eigenvalue weighted by Crippen LogP contribution is -2.35. The van der Waals surface area contributed by atoms with Gasteiger partial charge in [0, 0.05) is 6.20 Å². The van der Waals surface area contributed by atoms with Crippen molar-refractivity contribution in [1.29, 1.82) is 0 Å². The molecule has 3 rings (SSSR count). The Labute approximate surface area is 135 Å². The highest BCUT2D eigenvalue weighted by atomic mass is 32.2. The first-order chi connectivity index (χ1) is 11.1. The van der Waals surface area contributed by atoms with Crippen LogP contribution in [0.15, 0.2) is 54.7 Å². The molecule has 6 heteroatoms. The minimum atomic E-state index is -3.08. The topological polar surface area (TPSA) is 76.1 Å². The Morgan fingerprint density at radius 2 is 1.87 bits per heavy atom. The summed E-state index contributed by atoms with van der Waals surface area (Å²) in [6, 6.07) is 14.7. The minimum absolute atomic E-state index is 0.0669. The van der Waals surface area contributed by atoms with E-state index in [4.69, 9.17) is 0 Å². The van der Waals surface area contributed by atoms with Crippen molar-refractivity contribution in [1.82, 2.24) is 10.3 Å². The van der Waals surface area contributed by atoms with E-state index < -0.39 is 15.8 Å². The van der Waals surface area contributed by atoms with Crippen LogP contribution in [0.4, 0.5) is 0 Å². The van der Waals surface area contributed by atoms with Crippen LogP contribution in [0, 0.1) is 5.92 Å². The molecule has 1 saturated heterocycles. The largest absolute Gasteiger partial charge is 0.343 e. The van der Waals surface area contributed by atoms with E-state index in [0.29, 0.717) is 6.42 Å². The van der Waals surface area contributed by atoms with Crippen LogP contribution in [0.1, 0.15) is 23.7 Å². The molecule has 1 aliphatic heterocycles. The van der Waals surface area contributed by atoms with Crippen LogP contribution >= 0.6 is 0 Å². The Morgan fingerprint density at radius 1 is 1.13 bits per heavy atom. The van der Waals surface area contributed by atoms with Crippen molar-refractivity contribution in [3.8, 4) is 0 Å². The van der Waals surface area contributed by atoms with Gasteiger partial charge in [0.2, 0.25) is 5.91 Å². The number of carbonyl (C=O) groups excluding carboxylic acids is 1. The molecule has 1 aliphatic rings. The fourth-order valence-electron chi connectivity index (χ4n) is 2.78. The predicted molar refractivity (Wildman–Crippen MR) is 87.4 cm³/mol. The van der Waals surface area contributed by atoms with Crippen molar-refractivity contribution < 1.29 is 13.2 Å². The summed E-state index contributed by atoms with van der Waals surface area (Å²) in [5.41, 5.74) is 1.65. The smallest absolute Gasteiger partial charge is 0.224 e. The molecular formula is C17H18N2O3S. The highest BCUT2D eigenvalue weighted by Gasteiger charge is 2.34. The van der Waals surface area contributed by atoms with Gasteiger partial charge in [-0.3, -0.25) is 9.78 Å². The number of carbonyl (C=O) groups is 1. The number of nitrogens with one attached hydrogen (secondary N) is 1. The third-order valence-electron chi connectivity index (χ3n) is 4.01. The molecule has 1 N–H and O–H groups in total. The van der Waals surface area contributed by atoms with E-state index >= 15 is 0 Å². The van der Waals surface area contributed by atoms with Gasteiger partial charge >= 0.3 is 0 Å². The molecule has 0 radical (unpaired) electrons. The van der Waals surface area contributed by atoms with E-state index in [1.54, 1.807) is 6.20 Å². The second-order valence-electron chi connectivity index (χ2n) is 5.71. The normalized spacial score (nSPS) is 20.8. The molecule has 0 bridgehead atoms. The monoisotopic (exact) mass is 330 g/mol. The molecule has 120 valence electrons. The van der Waals surface area contributed by atoms with Crippen molar-refractivity contribution in [3.63, 3.8) is 0 Å². The number of hydrogen-bond donors (Lipinski definition) is 1. The molecule has 2 atom stereocenters. The van der Waals surface area contributed by atoms with Gasteiger partial charge in [0.05, 0.1) is 29.2 Å². The lowest BCUT2D eigenvalue weighted by atomic mass is 10.0. The lowest BCUT2D eigenvalue weighted by Gasteiger charge is -2.20. The van der Waals surface area contributed by atoms with Crippen LogP contribution in [0.25, 0.3) is 0 Å². The molecule has 0 aliphatic carbocycles. The SMILES string of the molecule is O=C(NC(c1ccccc1)c1ccccn1)C1CCS(=O)(=O)C1. The van der Waals surface area contributed by atoms with E-state index in [1.807, 2.05) is 48.5 Å². The van der Waals surface area contributed by atoms with Gasteiger partial charge in [0.15, 0.2) is 9.84 Å². The highest BCUT2D eigenvalue weighted by Crippen LogP contribution is 2.23. The van der Waals surface area contributed by atoms with Gasteiger partial charge in [0.25, 0.3) is 0 Å². The summed E-state index contributed by atoms with van der Waals surface area (Å²) in [6.07, 6.45) is 2.06. The van der Waals surface area contributed by atoms with Gasteiger partial charge in [-0.2, -0.15) is 0 Å². The summed E-state index contributed by atoms with van der Waals surface area (Å²) in [4.78, 5) is 16.8. The maximum absolute atomic E-state index is 12.5. The molecule has 1 aromatic heterocycles. The van der Waals surface area contributed by atoms with E-state index in [0.717, 1.165) is 11.3 Å². The van der Waals surface area contributed by atoms with Gasteiger partial charge in [-0.1, -0.05) is 36.4 Å². The van der Waals surface area contributed by atoms with Crippen molar-refractivity contribution in [2.45, 2.75) is 12.5 Å². The van der Waals surface area contributed by atoms with Crippen LogP contribution in [-0.4, -0.2) is 30.8 Å². The first-order valence-corrected chi connectivity index (χ1v) is 9.34. The van der Waals surface area contributed by atoms with Crippen LogP contribution in [0.2, 0.25) is 0 Å². The van der Waals surface area contributed by atoms with Crippen LogP contribution < -0.4 is 5.32 Å². The van der Waals surface area contributed by atoms with Crippen LogP contribution in [0.5, 0.6) is 0 Å². The van der Waals surface area contributed by atoms with E-state index in [2.05, 4.69) is 10.3 Å². The average molecular weight is 330 g/mol. The number of aromatic nitrogens is 1. The molecule has 0 spiro atoms. The summed E-state index contributed by atoms with van der Waals surface area (Å²) in [6.45, 7) is 0. The summed E-state index contributed by atoms with van der Waals surface area (Å²) < 4.78 is 23.2. The Morgan fingerprint density at radius 3 is 2.48 bits per heavy atom. The summed E-state index contributed by atoms with van der Waals surface area (Å²) in [5.74, 6) is -0.687. The Balaban J connectivity index is 1.84. The van der Waals surface area contributed by atoms with E-state index in [1.165, 1.54) is 0 Å². The van der Waals surface area contributed by atoms with Crippen molar-refractivity contribution in [2.75, 3.05) is 11.5 Å². The molecular weight excluding hydrogens is 312 g/mol. The molecule has 1 aromatic carbocycles. The fourth-order valence-corrected chi connectivity index (χ4v) is 4.52. The number of nitrogens with zero attached hydrogens (tertiary/aromatic N) is 1. The third kappa shape index (κ3) is 3.76. The zero-order chi connectivity index (χ0) is 16.3. The third-order valence-corrected chi connectivity index (χ3v) is 5.77. The predicted octanol–water partition coefficient (Wildman–Crippen LogP) is 1.72. The van der Waals surface area contributed by atoms with Gasteiger partial charge < -0.3 is 5.32 Å². The number of pyridine rings is 1. The van der Waals surface area contributed by atoms with Crippen molar-refractivity contribution in [2.24, 2.45) is 5.92 Å². The van der Waals surface area contributed by atoms with Gasteiger partial charge in [-0.05, 0) is 24.1 Å². The maximum Gasteiger partial charge on any atom is 0.224 e. The first-order valence-electron chi connectivity index (χ1n) is 7.52. The van der Waals surface area contributed by atoms with Gasteiger partial charge in [0.1, 0.15) is 0 Å². The zero-order valence-corrected chi connectivity index (χ0v) is 13.4. The summed E-state index contributed by atoms with van der Waals surface area (Å²) in [5, 5.41) is 2.96. The fraction of sp³-hybridized carbons (Fsp3) is 0.294. The molecule has 5 nitrogen and oxygen atoms in total. The summed E-state index contributed by atoms with van der Waals surface area (Å²) >= 11 is 0. The lowest BCUT2D eigenvalue weighted by molar-refractivity contribution is -0.124. The number of hydrogen-bond acceptors (Lipinski definition) is 4. The standard InChI is InChI=1S/C17H18N2O3S/c20-17(14-9-11-23(21,22)12-14)19-16(13-6-2-1-3-7-13)15-8-4-5-10-18-15/h1-8,10,14,16H,9,11-12H2,(H,19,20). The number of rotatable bonds is 4. The summed E-state index contributed by atoms with van der Waals surface area (Å²) in [7, 11) is -3.08. The highest BCUT2D eigenvalue weighted by molar-refractivity contribution is 7.91. The number of sulfone groups is 1. The molecule has 0 saturated carbocycles.